The lowest BCUT2D eigenvalue weighted by Crippen LogP contribution is -2.39. The highest BCUT2D eigenvalue weighted by Crippen LogP contribution is 2.26. The minimum atomic E-state index is -1.20. The number of benzene rings is 2. The molecule has 2 unspecified atom stereocenters. The highest BCUT2D eigenvalue weighted by molar-refractivity contribution is 5.81. The van der Waals surface area contributed by atoms with Crippen LogP contribution in [0.1, 0.15) is 17.2 Å². The number of amides is 1. The molecule has 5 heteroatoms. The van der Waals surface area contributed by atoms with Crippen molar-refractivity contribution >= 4 is 5.91 Å². The van der Waals surface area contributed by atoms with Crippen molar-refractivity contribution in [2.24, 2.45) is 0 Å². The summed E-state index contributed by atoms with van der Waals surface area (Å²) in [6.07, 6.45) is -1.83. The third-order valence-electron chi connectivity index (χ3n) is 4.17. The fourth-order valence-electron chi connectivity index (χ4n) is 2.84. The number of nitrogens with zero attached hydrogens (tertiary/aromatic N) is 1. The summed E-state index contributed by atoms with van der Waals surface area (Å²) < 4.78 is 10.9. The Hall–Kier alpha value is -2.37. The van der Waals surface area contributed by atoms with Crippen molar-refractivity contribution in [1.29, 1.82) is 0 Å². The zero-order valence-corrected chi connectivity index (χ0v) is 13.6. The van der Waals surface area contributed by atoms with Gasteiger partial charge in [0.2, 0.25) is 0 Å². The molecule has 0 aromatic heterocycles. The van der Waals surface area contributed by atoms with Crippen LogP contribution >= 0.6 is 0 Å². The number of aliphatic hydroxyl groups is 1. The van der Waals surface area contributed by atoms with Crippen molar-refractivity contribution < 1.29 is 19.4 Å². The quantitative estimate of drug-likeness (QED) is 0.935. The highest BCUT2D eigenvalue weighted by Gasteiger charge is 2.34. The molecule has 1 N–H and O–H groups in total. The molecule has 2 aromatic rings. The fourth-order valence-corrected chi connectivity index (χ4v) is 2.84. The molecule has 3 rings (SSSR count). The molecule has 0 spiro atoms. The van der Waals surface area contributed by atoms with Gasteiger partial charge in [0.25, 0.3) is 5.91 Å². The van der Waals surface area contributed by atoms with Gasteiger partial charge in [-0.05, 0) is 23.3 Å². The van der Waals surface area contributed by atoms with Gasteiger partial charge in [0, 0.05) is 13.1 Å². The van der Waals surface area contributed by atoms with E-state index in [1.807, 2.05) is 54.6 Å². The second-order valence-corrected chi connectivity index (χ2v) is 5.75. The predicted octanol–water partition coefficient (Wildman–Crippen LogP) is 2.16. The van der Waals surface area contributed by atoms with Gasteiger partial charge < -0.3 is 19.5 Å². The summed E-state index contributed by atoms with van der Waals surface area (Å²) in [7, 11) is 1.62. The lowest BCUT2D eigenvalue weighted by atomic mass is 10.0. The first-order chi connectivity index (χ1) is 11.7. The van der Waals surface area contributed by atoms with Crippen LogP contribution in [0.3, 0.4) is 0 Å². The van der Waals surface area contributed by atoms with Crippen LogP contribution in [-0.2, 0) is 16.1 Å². The molecule has 1 saturated heterocycles. The summed E-state index contributed by atoms with van der Waals surface area (Å²) in [5.74, 6) is 0.464. The highest BCUT2D eigenvalue weighted by atomic mass is 16.5. The second-order valence-electron chi connectivity index (χ2n) is 5.75. The topological polar surface area (TPSA) is 59.0 Å². The fraction of sp³-hybridized carbons (Fsp3) is 0.316. The van der Waals surface area contributed by atoms with Gasteiger partial charge in [-0.3, -0.25) is 4.79 Å². The maximum Gasteiger partial charge on any atom is 0.254 e. The Morgan fingerprint density at radius 3 is 2.54 bits per heavy atom. The van der Waals surface area contributed by atoms with Crippen molar-refractivity contribution in [3.05, 3.63) is 65.7 Å². The molecule has 0 aliphatic carbocycles. The summed E-state index contributed by atoms with van der Waals surface area (Å²) in [4.78, 5) is 14.3. The zero-order valence-electron chi connectivity index (χ0n) is 13.6. The maximum atomic E-state index is 12.6. The first-order valence-electron chi connectivity index (χ1n) is 7.95. The number of carbonyl (C=O) groups is 1. The Labute approximate surface area is 141 Å². The zero-order chi connectivity index (χ0) is 16.9. The summed E-state index contributed by atoms with van der Waals surface area (Å²) >= 11 is 0. The molecule has 1 amide bonds. The van der Waals surface area contributed by atoms with Crippen LogP contribution in [0.15, 0.2) is 54.6 Å². The molecule has 1 heterocycles. The van der Waals surface area contributed by atoms with Crippen molar-refractivity contribution in [1.82, 2.24) is 4.90 Å². The summed E-state index contributed by atoms with van der Waals surface area (Å²) in [6, 6.07) is 16.9. The summed E-state index contributed by atoms with van der Waals surface area (Å²) in [5, 5.41) is 10.5. The Morgan fingerprint density at radius 2 is 1.88 bits per heavy atom. The van der Waals surface area contributed by atoms with Gasteiger partial charge in [0.05, 0.1) is 13.7 Å². The van der Waals surface area contributed by atoms with E-state index in [2.05, 4.69) is 0 Å². The van der Waals surface area contributed by atoms with E-state index in [1.165, 1.54) is 0 Å². The lowest BCUT2D eigenvalue weighted by molar-refractivity contribution is -0.143. The average Bonchev–Trinajstić information content (AvgIpc) is 2.77. The monoisotopic (exact) mass is 327 g/mol. The van der Waals surface area contributed by atoms with E-state index in [1.54, 1.807) is 12.0 Å². The van der Waals surface area contributed by atoms with Crippen LogP contribution in [0.2, 0.25) is 0 Å². The average molecular weight is 327 g/mol. The Balaban J connectivity index is 1.73. The SMILES string of the molecule is COc1ccc(CN2CCOC(c3ccccc3)C(O)C2=O)cc1. The largest absolute Gasteiger partial charge is 0.497 e. The summed E-state index contributed by atoms with van der Waals surface area (Å²) in [5.41, 5.74) is 1.79. The normalized spacial score (nSPS) is 21.4. The molecule has 1 aliphatic heterocycles. The minimum Gasteiger partial charge on any atom is -0.497 e. The van der Waals surface area contributed by atoms with E-state index < -0.39 is 12.2 Å². The molecule has 5 nitrogen and oxygen atoms in total. The molecule has 126 valence electrons. The number of methoxy groups -OCH3 is 1. The lowest BCUT2D eigenvalue weighted by Gasteiger charge is -2.23. The minimum absolute atomic E-state index is 0.308. The Morgan fingerprint density at radius 1 is 1.17 bits per heavy atom. The number of rotatable bonds is 4. The second kappa shape index (κ2) is 7.47. The smallest absolute Gasteiger partial charge is 0.254 e. The van der Waals surface area contributed by atoms with Crippen LogP contribution < -0.4 is 4.74 Å². The molecule has 0 radical (unpaired) electrons. The maximum absolute atomic E-state index is 12.6. The van der Waals surface area contributed by atoms with Gasteiger partial charge in [-0.2, -0.15) is 0 Å². The van der Waals surface area contributed by atoms with Gasteiger partial charge in [-0.15, -0.1) is 0 Å². The first kappa shape index (κ1) is 16.5. The Kier molecular flexibility index (Phi) is 5.13. The molecule has 24 heavy (non-hydrogen) atoms. The molecule has 0 bridgehead atoms. The van der Waals surface area contributed by atoms with Gasteiger partial charge in [0.1, 0.15) is 11.9 Å². The molecule has 2 aromatic carbocycles. The van der Waals surface area contributed by atoms with Crippen LogP contribution in [-0.4, -0.2) is 42.3 Å². The van der Waals surface area contributed by atoms with Crippen LogP contribution in [0.5, 0.6) is 5.75 Å². The molecule has 1 fully saturated rings. The third-order valence-corrected chi connectivity index (χ3v) is 4.17. The molecule has 1 aliphatic rings. The molecular formula is C19H21NO4. The van der Waals surface area contributed by atoms with Crippen molar-refractivity contribution in [2.75, 3.05) is 20.3 Å². The van der Waals surface area contributed by atoms with E-state index in [-0.39, 0.29) is 5.91 Å². The van der Waals surface area contributed by atoms with E-state index in [0.717, 1.165) is 16.9 Å². The van der Waals surface area contributed by atoms with Gasteiger partial charge in [-0.25, -0.2) is 0 Å². The molecular weight excluding hydrogens is 306 g/mol. The standard InChI is InChI=1S/C19H21NO4/c1-23-16-9-7-14(8-10-16)13-20-11-12-24-18(17(21)19(20)22)15-5-3-2-4-6-15/h2-10,17-18,21H,11-13H2,1H3. The van der Waals surface area contributed by atoms with Crippen molar-refractivity contribution in [3.8, 4) is 5.75 Å². The van der Waals surface area contributed by atoms with E-state index >= 15 is 0 Å². The van der Waals surface area contributed by atoms with Gasteiger partial charge in [-0.1, -0.05) is 42.5 Å². The number of carbonyl (C=O) groups excluding carboxylic acids is 1. The van der Waals surface area contributed by atoms with Crippen molar-refractivity contribution in [2.45, 2.75) is 18.8 Å². The van der Waals surface area contributed by atoms with Gasteiger partial charge in [0.15, 0.2) is 6.10 Å². The Bertz CT molecular complexity index is 672. The van der Waals surface area contributed by atoms with E-state index in [9.17, 15) is 9.90 Å². The van der Waals surface area contributed by atoms with Crippen molar-refractivity contribution in [3.63, 3.8) is 0 Å². The molecule has 0 saturated carbocycles. The third kappa shape index (κ3) is 3.58. The first-order valence-corrected chi connectivity index (χ1v) is 7.95. The predicted molar refractivity (Wildman–Crippen MR) is 89.6 cm³/mol. The van der Waals surface area contributed by atoms with Crippen LogP contribution in [0.25, 0.3) is 0 Å². The number of ether oxygens (including phenoxy) is 2. The van der Waals surface area contributed by atoms with E-state index in [4.69, 9.17) is 9.47 Å². The van der Waals surface area contributed by atoms with Gasteiger partial charge >= 0.3 is 0 Å². The number of hydrogen-bond acceptors (Lipinski definition) is 4. The molecule has 2 atom stereocenters. The number of hydrogen-bond donors (Lipinski definition) is 1. The van der Waals surface area contributed by atoms with Crippen LogP contribution in [0, 0.1) is 0 Å². The van der Waals surface area contributed by atoms with E-state index in [0.29, 0.717) is 19.7 Å². The summed E-state index contributed by atoms with van der Waals surface area (Å²) in [6.45, 7) is 1.27. The number of aliphatic hydroxyl groups excluding tert-OH is 1. The van der Waals surface area contributed by atoms with Crippen LogP contribution in [0.4, 0.5) is 0 Å².